The van der Waals surface area contributed by atoms with Crippen molar-refractivity contribution in [1.82, 2.24) is 15.5 Å². The SMILES string of the molecule is COC(=O)CN[C@H]1C[C@H](C(=O)N2CCc3ccccc3[C@@H]2c2ccc(F)cc2)OC[C@@H]1NC(=O)OC(C)(C)C. The first-order chi connectivity index (χ1) is 18.6. The molecule has 39 heavy (non-hydrogen) atoms. The maximum Gasteiger partial charge on any atom is 0.408 e. The van der Waals surface area contributed by atoms with Gasteiger partial charge in [-0.05, 0) is 62.4 Å². The van der Waals surface area contributed by atoms with Crippen LogP contribution < -0.4 is 10.6 Å². The second-order valence-electron chi connectivity index (χ2n) is 10.8. The van der Waals surface area contributed by atoms with Gasteiger partial charge in [0.05, 0.1) is 32.3 Å². The smallest absolute Gasteiger partial charge is 0.408 e. The third-order valence-corrected chi connectivity index (χ3v) is 6.90. The second-order valence-corrected chi connectivity index (χ2v) is 10.8. The first-order valence-corrected chi connectivity index (χ1v) is 13.1. The van der Waals surface area contributed by atoms with Crippen molar-refractivity contribution in [2.75, 3.05) is 26.8 Å². The molecule has 2 aliphatic heterocycles. The van der Waals surface area contributed by atoms with Crippen LogP contribution in [0.3, 0.4) is 0 Å². The number of carbonyl (C=O) groups is 3. The second kappa shape index (κ2) is 12.1. The van der Waals surface area contributed by atoms with E-state index in [1.165, 1.54) is 19.2 Å². The fourth-order valence-electron chi connectivity index (χ4n) is 5.08. The number of fused-ring (bicyclic) bond motifs is 1. The number of nitrogens with zero attached hydrogens (tertiary/aromatic N) is 1. The van der Waals surface area contributed by atoms with E-state index < -0.39 is 41.9 Å². The molecule has 0 unspecified atom stereocenters. The fourth-order valence-corrected chi connectivity index (χ4v) is 5.08. The lowest BCUT2D eigenvalue weighted by atomic mass is 9.87. The number of alkyl carbamates (subject to hydrolysis) is 1. The predicted octanol–water partition coefficient (Wildman–Crippen LogP) is 3.11. The van der Waals surface area contributed by atoms with Crippen LogP contribution in [0, 0.1) is 5.82 Å². The van der Waals surface area contributed by atoms with Crippen molar-refractivity contribution in [3.05, 3.63) is 71.0 Å². The summed E-state index contributed by atoms with van der Waals surface area (Å²) >= 11 is 0. The Kier molecular flexibility index (Phi) is 8.87. The Morgan fingerprint density at radius 1 is 1.08 bits per heavy atom. The third-order valence-electron chi connectivity index (χ3n) is 6.90. The van der Waals surface area contributed by atoms with Gasteiger partial charge in [-0.25, -0.2) is 9.18 Å². The number of ether oxygens (including phenoxy) is 3. The summed E-state index contributed by atoms with van der Waals surface area (Å²) in [6, 6.07) is 12.7. The van der Waals surface area contributed by atoms with Crippen LogP contribution in [-0.2, 0) is 30.2 Å². The van der Waals surface area contributed by atoms with E-state index in [1.54, 1.807) is 37.8 Å². The van der Waals surface area contributed by atoms with Crippen molar-refractivity contribution < 1.29 is 33.0 Å². The molecule has 1 saturated heterocycles. The van der Waals surface area contributed by atoms with Crippen molar-refractivity contribution in [3.63, 3.8) is 0 Å². The first kappa shape index (κ1) is 28.5. The van der Waals surface area contributed by atoms with Crippen molar-refractivity contribution >= 4 is 18.0 Å². The van der Waals surface area contributed by atoms with Crippen LogP contribution >= 0.6 is 0 Å². The standard InChI is InChI=1S/C29H36FN3O6/c1-29(2,3)39-28(36)32-23-17-38-24(15-22(23)31-16-25(34)37-4)27(35)33-14-13-18-7-5-6-8-21(18)26(33)19-9-11-20(30)12-10-19/h5-12,22-24,26,31H,13-17H2,1-4H3,(H,32,36)/t22-,23-,24+,26-/m0/s1. The van der Waals surface area contributed by atoms with E-state index >= 15 is 0 Å². The molecule has 2 amide bonds. The molecule has 0 aromatic heterocycles. The highest BCUT2D eigenvalue weighted by Crippen LogP contribution is 2.36. The lowest BCUT2D eigenvalue weighted by molar-refractivity contribution is -0.151. The molecule has 0 radical (unpaired) electrons. The Labute approximate surface area is 228 Å². The minimum atomic E-state index is -0.815. The van der Waals surface area contributed by atoms with Gasteiger partial charge in [0.2, 0.25) is 0 Å². The maximum atomic E-state index is 14.0. The molecular formula is C29H36FN3O6. The van der Waals surface area contributed by atoms with Gasteiger partial charge < -0.3 is 29.7 Å². The molecule has 2 N–H and O–H groups in total. The molecule has 0 bridgehead atoms. The number of rotatable bonds is 6. The first-order valence-electron chi connectivity index (χ1n) is 13.1. The Balaban J connectivity index is 1.55. The van der Waals surface area contributed by atoms with E-state index in [4.69, 9.17) is 14.2 Å². The van der Waals surface area contributed by atoms with Gasteiger partial charge in [-0.15, -0.1) is 0 Å². The number of benzene rings is 2. The van der Waals surface area contributed by atoms with E-state index in [0.717, 1.165) is 16.7 Å². The molecule has 210 valence electrons. The molecule has 4 rings (SSSR count). The van der Waals surface area contributed by atoms with Crippen LogP contribution in [-0.4, -0.2) is 73.5 Å². The number of esters is 1. The Hall–Kier alpha value is -3.50. The number of methoxy groups -OCH3 is 1. The number of carbonyl (C=O) groups excluding carboxylic acids is 3. The summed E-state index contributed by atoms with van der Waals surface area (Å²) in [6.07, 6.45) is -0.538. The number of halogens is 1. The highest BCUT2D eigenvalue weighted by molar-refractivity contribution is 5.82. The molecule has 2 aliphatic rings. The molecule has 2 aromatic carbocycles. The van der Waals surface area contributed by atoms with Crippen molar-refractivity contribution in [2.24, 2.45) is 0 Å². The molecule has 0 spiro atoms. The number of hydrogen-bond donors (Lipinski definition) is 2. The highest BCUT2D eigenvalue weighted by Gasteiger charge is 2.41. The third kappa shape index (κ3) is 7.13. The summed E-state index contributed by atoms with van der Waals surface area (Å²) in [7, 11) is 1.29. The minimum Gasteiger partial charge on any atom is -0.468 e. The van der Waals surface area contributed by atoms with Crippen LogP contribution in [0.25, 0.3) is 0 Å². The van der Waals surface area contributed by atoms with Gasteiger partial charge in [0.25, 0.3) is 5.91 Å². The average molecular weight is 542 g/mol. The van der Waals surface area contributed by atoms with Gasteiger partial charge in [0.15, 0.2) is 0 Å². The maximum absolute atomic E-state index is 14.0. The molecule has 0 aliphatic carbocycles. The summed E-state index contributed by atoms with van der Waals surface area (Å²) in [5.74, 6) is -1.02. The van der Waals surface area contributed by atoms with E-state index in [1.807, 2.05) is 24.3 Å². The Morgan fingerprint density at radius 2 is 1.79 bits per heavy atom. The molecule has 4 atom stereocenters. The summed E-state index contributed by atoms with van der Waals surface area (Å²) in [6.45, 7) is 5.71. The predicted molar refractivity (Wildman–Crippen MR) is 141 cm³/mol. The van der Waals surface area contributed by atoms with Crippen LogP contribution in [0.1, 0.15) is 49.9 Å². The highest BCUT2D eigenvalue weighted by atomic mass is 19.1. The van der Waals surface area contributed by atoms with Gasteiger partial charge in [0.1, 0.15) is 17.5 Å². The molecule has 10 heteroatoms. The van der Waals surface area contributed by atoms with Gasteiger partial charge >= 0.3 is 12.1 Å². The van der Waals surface area contributed by atoms with Gasteiger partial charge in [-0.2, -0.15) is 0 Å². The van der Waals surface area contributed by atoms with Crippen molar-refractivity contribution in [3.8, 4) is 0 Å². The van der Waals surface area contributed by atoms with Crippen LogP contribution in [0.15, 0.2) is 48.5 Å². The number of nitrogens with one attached hydrogen (secondary N) is 2. The number of hydrogen-bond acceptors (Lipinski definition) is 7. The summed E-state index contributed by atoms with van der Waals surface area (Å²) in [5.41, 5.74) is 2.24. The zero-order chi connectivity index (χ0) is 28.2. The molecule has 9 nitrogen and oxygen atoms in total. The van der Waals surface area contributed by atoms with E-state index in [2.05, 4.69) is 10.6 Å². The average Bonchev–Trinajstić information content (AvgIpc) is 2.90. The zero-order valence-corrected chi connectivity index (χ0v) is 22.7. The van der Waals surface area contributed by atoms with Crippen molar-refractivity contribution in [1.29, 1.82) is 0 Å². The van der Waals surface area contributed by atoms with Gasteiger partial charge in [-0.1, -0.05) is 36.4 Å². The van der Waals surface area contributed by atoms with Crippen LogP contribution in [0.2, 0.25) is 0 Å². The Morgan fingerprint density at radius 3 is 2.49 bits per heavy atom. The molecular weight excluding hydrogens is 505 g/mol. The fraction of sp³-hybridized carbons (Fsp3) is 0.483. The molecule has 0 saturated carbocycles. The lowest BCUT2D eigenvalue weighted by Crippen LogP contribution is -2.60. The molecule has 1 fully saturated rings. The monoisotopic (exact) mass is 541 g/mol. The van der Waals surface area contributed by atoms with E-state index in [0.29, 0.717) is 13.0 Å². The molecule has 2 aromatic rings. The van der Waals surface area contributed by atoms with E-state index in [9.17, 15) is 18.8 Å². The number of amides is 2. The normalized spacial score (nSPS) is 22.9. The quantitative estimate of drug-likeness (QED) is 0.542. The zero-order valence-electron chi connectivity index (χ0n) is 22.7. The van der Waals surface area contributed by atoms with Crippen molar-refractivity contribution in [2.45, 2.75) is 63.4 Å². The summed E-state index contributed by atoms with van der Waals surface area (Å²) in [5, 5.41) is 5.90. The summed E-state index contributed by atoms with van der Waals surface area (Å²) in [4.78, 5) is 40.0. The van der Waals surface area contributed by atoms with Crippen LogP contribution in [0.5, 0.6) is 0 Å². The minimum absolute atomic E-state index is 0.0418. The van der Waals surface area contributed by atoms with Gasteiger partial charge in [-0.3, -0.25) is 9.59 Å². The van der Waals surface area contributed by atoms with Gasteiger partial charge in [0, 0.05) is 12.6 Å². The largest absolute Gasteiger partial charge is 0.468 e. The topological polar surface area (TPSA) is 106 Å². The Bertz CT molecular complexity index is 1180. The van der Waals surface area contributed by atoms with Crippen LogP contribution in [0.4, 0.5) is 9.18 Å². The molecule has 2 heterocycles. The summed E-state index contributed by atoms with van der Waals surface area (Å²) < 4.78 is 29.9. The lowest BCUT2D eigenvalue weighted by Gasteiger charge is -2.42. The van der Waals surface area contributed by atoms with E-state index in [-0.39, 0.29) is 31.3 Å².